The van der Waals surface area contributed by atoms with Gasteiger partial charge in [-0.05, 0) is 38.3 Å². The molecule has 1 amide bonds. The fourth-order valence-electron chi connectivity index (χ4n) is 3.72. The Morgan fingerprint density at radius 2 is 2.12 bits per heavy atom. The van der Waals surface area contributed by atoms with Crippen LogP contribution in [0.4, 0.5) is 8.78 Å². The molecule has 1 aliphatic heterocycles. The van der Waals surface area contributed by atoms with Gasteiger partial charge in [0.2, 0.25) is 0 Å². The molecule has 0 saturated carbocycles. The second kappa shape index (κ2) is 6.22. The van der Waals surface area contributed by atoms with E-state index < -0.39 is 11.6 Å². The number of benzene rings is 1. The largest absolute Gasteiger partial charge is 0.332 e. The number of aromatic nitrogens is 2. The first-order chi connectivity index (χ1) is 12.1. The van der Waals surface area contributed by atoms with E-state index in [1.54, 1.807) is 4.68 Å². The molecule has 1 aromatic carbocycles. The molecule has 1 N–H and O–H groups in total. The number of carbonyl (C=O) groups excluding carboxylic acids is 1. The van der Waals surface area contributed by atoms with Gasteiger partial charge >= 0.3 is 0 Å². The zero-order valence-electron chi connectivity index (χ0n) is 14.1. The van der Waals surface area contributed by atoms with Crippen molar-refractivity contribution in [2.45, 2.75) is 32.2 Å². The van der Waals surface area contributed by atoms with Crippen molar-refractivity contribution in [3.63, 3.8) is 0 Å². The Hall–Kier alpha value is -2.28. The average Bonchev–Trinajstić information content (AvgIpc) is 3.20. The van der Waals surface area contributed by atoms with Gasteiger partial charge in [-0.1, -0.05) is 0 Å². The van der Waals surface area contributed by atoms with Gasteiger partial charge in [-0.3, -0.25) is 4.79 Å². The van der Waals surface area contributed by atoms with Crippen LogP contribution in [-0.4, -0.2) is 46.3 Å². The molecule has 2 heterocycles. The van der Waals surface area contributed by atoms with Crippen LogP contribution in [-0.2, 0) is 12.8 Å². The Balaban J connectivity index is 1.75. The van der Waals surface area contributed by atoms with E-state index in [4.69, 9.17) is 0 Å². The van der Waals surface area contributed by atoms with Crippen LogP contribution in [0.3, 0.4) is 0 Å². The standard InChI is InChI=1S/C18H20F2N4O/c1-11-10-21-7-8-23(11)18(25)17-13-3-2-4-16(13)24(22-17)12-5-6-14(19)15(20)9-12/h5-6,9,11,21H,2-4,7-8,10H2,1H3. The van der Waals surface area contributed by atoms with Gasteiger partial charge in [-0.2, -0.15) is 5.10 Å². The highest BCUT2D eigenvalue weighted by Crippen LogP contribution is 2.29. The molecule has 1 saturated heterocycles. The number of halogens is 2. The van der Waals surface area contributed by atoms with Crippen molar-refractivity contribution in [2.24, 2.45) is 0 Å². The zero-order valence-corrected chi connectivity index (χ0v) is 14.1. The van der Waals surface area contributed by atoms with E-state index in [9.17, 15) is 13.6 Å². The van der Waals surface area contributed by atoms with Gasteiger partial charge in [0.05, 0.1) is 5.69 Å². The summed E-state index contributed by atoms with van der Waals surface area (Å²) in [6.45, 7) is 4.18. The van der Waals surface area contributed by atoms with Crippen molar-refractivity contribution in [3.8, 4) is 5.69 Å². The van der Waals surface area contributed by atoms with Gasteiger partial charge in [0.1, 0.15) is 0 Å². The Kier molecular flexibility index (Phi) is 4.03. The molecule has 0 radical (unpaired) electrons. The highest BCUT2D eigenvalue weighted by molar-refractivity contribution is 5.94. The molecule has 1 atom stereocenters. The summed E-state index contributed by atoms with van der Waals surface area (Å²) in [7, 11) is 0. The molecule has 2 aromatic rings. The number of amides is 1. The molecule has 4 rings (SSSR count). The average molecular weight is 346 g/mol. The van der Waals surface area contributed by atoms with Crippen molar-refractivity contribution in [3.05, 3.63) is 46.8 Å². The fourth-order valence-corrected chi connectivity index (χ4v) is 3.72. The van der Waals surface area contributed by atoms with E-state index in [0.29, 0.717) is 17.9 Å². The third-order valence-corrected chi connectivity index (χ3v) is 5.04. The van der Waals surface area contributed by atoms with Crippen LogP contribution in [0, 0.1) is 11.6 Å². The summed E-state index contributed by atoms with van der Waals surface area (Å²) in [4.78, 5) is 14.9. The second-order valence-corrected chi connectivity index (χ2v) is 6.69. The molecule has 1 aliphatic carbocycles. The van der Waals surface area contributed by atoms with Crippen molar-refractivity contribution in [1.82, 2.24) is 20.0 Å². The topological polar surface area (TPSA) is 50.2 Å². The summed E-state index contributed by atoms with van der Waals surface area (Å²) in [5.74, 6) is -1.88. The third kappa shape index (κ3) is 2.72. The molecule has 5 nitrogen and oxygen atoms in total. The molecule has 132 valence electrons. The number of carbonyl (C=O) groups is 1. The molecule has 0 bridgehead atoms. The third-order valence-electron chi connectivity index (χ3n) is 5.04. The Bertz CT molecular complexity index is 833. The smallest absolute Gasteiger partial charge is 0.274 e. The summed E-state index contributed by atoms with van der Waals surface area (Å²) >= 11 is 0. The lowest BCUT2D eigenvalue weighted by atomic mass is 10.1. The van der Waals surface area contributed by atoms with Crippen molar-refractivity contribution < 1.29 is 13.6 Å². The van der Waals surface area contributed by atoms with E-state index >= 15 is 0 Å². The lowest BCUT2D eigenvalue weighted by Gasteiger charge is -2.33. The minimum absolute atomic E-state index is 0.0755. The quantitative estimate of drug-likeness (QED) is 0.906. The molecule has 1 fully saturated rings. The van der Waals surface area contributed by atoms with Crippen LogP contribution >= 0.6 is 0 Å². The van der Waals surface area contributed by atoms with Gasteiger partial charge in [-0.25, -0.2) is 13.5 Å². The molecule has 0 spiro atoms. The predicted molar refractivity (Wildman–Crippen MR) is 88.9 cm³/mol. The molecular weight excluding hydrogens is 326 g/mol. The van der Waals surface area contributed by atoms with Crippen molar-refractivity contribution in [2.75, 3.05) is 19.6 Å². The number of nitrogens with zero attached hydrogens (tertiary/aromatic N) is 3. The van der Waals surface area contributed by atoms with Crippen LogP contribution < -0.4 is 5.32 Å². The van der Waals surface area contributed by atoms with Crippen molar-refractivity contribution >= 4 is 5.91 Å². The number of rotatable bonds is 2. The molecule has 1 unspecified atom stereocenters. The van der Waals surface area contributed by atoms with Gasteiger partial charge < -0.3 is 10.2 Å². The number of nitrogens with one attached hydrogen (secondary N) is 1. The summed E-state index contributed by atoms with van der Waals surface area (Å²) in [5.41, 5.74) is 2.77. The monoisotopic (exact) mass is 346 g/mol. The lowest BCUT2D eigenvalue weighted by Crippen LogP contribution is -2.52. The van der Waals surface area contributed by atoms with Crippen LogP contribution in [0.15, 0.2) is 18.2 Å². The van der Waals surface area contributed by atoms with Crippen LogP contribution in [0.25, 0.3) is 5.69 Å². The number of hydrogen-bond acceptors (Lipinski definition) is 3. The Labute approximate surface area is 144 Å². The fraction of sp³-hybridized carbons (Fsp3) is 0.444. The lowest BCUT2D eigenvalue weighted by molar-refractivity contribution is 0.0648. The van der Waals surface area contributed by atoms with E-state index in [1.165, 1.54) is 6.07 Å². The maximum atomic E-state index is 13.6. The first-order valence-corrected chi connectivity index (χ1v) is 8.64. The summed E-state index contributed by atoms with van der Waals surface area (Å²) in [6.07, 6.45) is 2.51. The van der Waals surface area contributed by atoms with Gasteiger partial charge in [-0.15, -0.1) is 0 Å². The molecule has 7 heteroatoms. The highest BCUT2D eigenvalue weighted by atomic mass is 19.2. The first kappa shape index (κ1) is 16.2. The molecule has 2 aliphatic rings. The highest BCUT2D eigenvalue weighted by Gasteiger charge is 2.32. The minimum atomic E-state index is -0.914. The summed E-state index contributed by atoms with van der Waals surface area (Å²) in [5, 5.41) is 7.77. The van der Waals surface area contributed by atoms with E-state index in [-0.39, 0.29) is 11.9 Å². The van der Waals surface area contributed by atoms with Gasteiger partial charge in [0.15, 0.2) is 17.3 Å². The first-order valence-electron chi connectivity index (χ1n) is 8.64. The van der Waals surface area contributed by atoms with Crippen LogP contribution in [0.1, 0.15) is 35.1 Å². The maximum Gasteiger partial charge on any atom is 0.274 e. The number of hydrogen-bond donors (Lipinski definition) is 1. The van der Waals surface area contributed by atoms with E-state index in [1.807, 2.05) is 11.8 Å². The zero-order chi connectivity index (χ0) is 17.6. The van der Waals surface area contributed by atoms with Crippen molar-refractivity contribution in [1.29, 1.82) is 0 Å². The van der Waals surface area contributed by atoms with E-state index in [2.05, 4.69) is 10.4 Å². The Morgan fingerprint density at radius 1 is 1.28 bits per heavy atom. The van der Waals surface area contributed by atoms with Crippen LogP contribution in [0.5, 0.6) is 0 Å². The number of fused-ring (bicyclic) bond motifs is 1. The summed E-state index contributed by atoms with van der Waals surface area (Å²) in [6, 6.07) is 3.81. The SMILES string of the molecule is CC1CNCCN1C(=O)c1nn(-c2ccc(F)c(F)c2)c2c1CCC2. The summed E-state index contributed by atoms with van der Waals surface area (Å²) < 4.78 is 28.5. The molecule has 25 heavy (non-hydrogen) atoms. The van der Waals surface area contributed by atoms with Crippen LogP contribution in [0.2, 0.25) is 0 Å². The Morgan fingerprint density at radius 3 is 2.88 bits per heavy atom. The minimum Gasteiger partial charge on any atom is -0.332 e. The van der Waals surface area contributed by atoms with E-state index in [0.717, 1.165) is 55.7 Å². The maximum absolute atomic E-state index is 13.6. The number of piperazine rings is 1. The van der Waals surface area contributed by atoms with Gasteiger partial charge in [0, 0.05) is 43.0 Å². The predicted octanol–water partition coefficient (Wildman–Crippen LogP) is 2.07. The van der Waals surface area contributed by atoms with Gasteiger partial charge in [0.25, 0.3) is 5.91 Å². The molecule has 1 aromatic heterocycles. The molecular formula is C18H20F2N4O. The normalized spacial score (nSPS) is 20.0. The second-order valence-electron chi connectivity index (χ2n) is 6.69.